The van der Waals surface area contributed by atoms with Gasteiger partial charge in [-0.05, 0) is 30.5 Å². The summed E-state index contributed by atoms with van der Waals surface area (Å²) < 4.78 is 5.84. The molecule has 1 aromatic carbocycles. The van der Waals surface area contributed by atoms with Crippen molar-refractivity contribution >= 4 is 5.90 Å². The molecule has 0 aromatic heterocycles. The number of rotatable bonds is 4. The second-order valence-corrected chi connectivity index (χ2v) is 4.82. The molecule has 2 heteroatoms. The second kappa shape index (κ2) is 5.17. The fraction of sp³-hybridized carbons (Fsp3) is 0.400. The summed E-state index contributed by atoms with van der Waals surface area (Å²) in [5.74, 6) is 1.37. The van der Waals surface area contributed by atoms with Crippen molar-refractivity contribution in [3.05, 3.63) is 48.6 Å². The van der Waals surface area contributed by atoms with Crippen molar-refractivity contribution in [2.45, 2.75) is 32.4 Å². The fourth-order valence-corrected chi connectivity index (χ4v) is 2.06. The van der Waals surface area contributed by atoms with Gasteiger partial charge in [0.2, 0.25) is 5.90 Å². The molecule has 0 N–H and O–H groups in total. The maximum Gasteiger partial charge on any atom is 0.217 e. The summed E-state index contributed by atoms with van der Waals surface area (Å²) in [6, 6.07) is 10.3. The van der Waals surface area contributed by atoms with Crippen LogP contribution in [0.1, 0.15) is 25.8 Å². The zero-order chi connectivity index (χ0) is 12.3. The lowest BCUT2D eigenvalue weighted by Gasteiger charge is -2.15. The van der Waals surface area contributed by atoms with Crippen LogP contribution in [0, 0.1) is 5.92 Å². The minimum absolute atomic E-state index is 0.0209. The van der Waals surface area contributed by atoms with E-state index in [9.17, 15) is 0 Å². The molecule has 0 fully saturated rings. The first kappa shape index (κ1) is 11.9. The predicted molar refractivity (Wildman–Crippen MR) is 71.3 cm³/mol. The zero-order valence-electron chi connectivity index (χ0n) is 10.5. The van der Waals surface area contributed by atoms with Crippen molar-refractivity contribution in [1.82, 2.24) is 0 Å². The van der Waals surface area contributed by atoms with E-state index in [2.05, 4.69) is 25.4 Å². The maximum atomic E-state index is 5.84. The highest BCUT2D eigenvalue weighted by Crippen LogP contribution is 2.23. The second-order valence-electron chi connectivity index (χ2n) is 4.82. The van der Waals surface area contributed by atoms with E-state index < -0.39 is 0 Å². The number of benzene rings is 1. The number of hydrogen-bond donors (Lipinski definition) is 0. The third-order valence-corrected chi connectivity index (χ3v) is 2.88. The van der Waals surface area contributed by atoms with Crippen molar-refractivity contribution in [1.29, 1.82) is 0 Å². The van der Waals surface area contributed by atoms with Crippen molar-refractivity contribution < 1.29 is 4.74 Å². The number of hydrogen-bond acceptors (Lipinski definition) is 2. The molecule has 2 atom stereocenters. The summed E-state index contributed by atoms with van der Waals surface area (Å²) in [6.45, 7) is 8.24. The van der Waals surface area contributed by atoms with E-state index in [1.54, 1.807) is 0 Å². The molecular formula is C15H19NO. The molecular weight excluding hydrogens is 210 g/mol. The summed E-state index contributed by atoms with van der Waals surface area (Å²) >= 11 is 0. The molecule has 1 aromatic rings. The van der Waals surface area contributed by atoms with Crippen LogP contribution in [0.2, 0.25) is 0 Å². The minimum atomic E-state index is 0.0209. The van der Waals surface area contributed by atoms with Crippen LogP contribution in [0.5, 0.6) is 0 Å². The molecule has 0 amide bonds. The van der Waals surface area contributed by atoms with Crippen LogP contribution < -0.4 is 0 Å². The predicted octanol–water partition coefficient (Wildman–Crippen LogP) is 3.43. The number of aliphatic imine (C=N–C) groups is 1. The monoisotopic (exact) mass is 229 g/mol. The first-order valence-corrected chi connectivity index (χ1v) is 6.13. The van der Waals surface area contributed by atoms with Crippen molar-refractivity contribution in [3.8, 4) is 0 Å². The molecule has 17 heavy (non-hydrogen) atoms. The van der Waals surface area contributed by atoms with Gasteiger partial charge in [-0.1, -0.05) is 38.6 Å². The first-order valence-electron chi connectivity index (χ1n) is 6.13. The average Bonchev–Trinajstić information content (AvgIpc) is 2.72. The molecule has 0 bridgehead atoms. The highest BCUT2D eigenvalue weighted by molar-refractivity contribution is 5.95. The highest BCUT2D eigenvalue weighted by atomic mass is 16.5. The Labute approximate surface area is 103 Å². The molecule has 0 spiro atoms. The molecule has 0 aliphatic carbocycles. The first-order chi connectivity index (χ1) is 8.20. The molecule has 2 unspecified atom stereocenters. The van der Waals surface area contributed by atoms with Crippen LogP contribution >= 0.6 is 0 Å². The SMILES string of the molecule is C=CC1OC(c2ccccc2)=NC1CC(C)C. The topological polar surface area (TPSA) is 21.6 Å². The van der Waals surface area contributed by atoms with Gasteiger partial charge in [0, 0.05) is 5.56 Å². The van der Waals surface area contributed by atoms with E-state index >= 15 is 0 Å². The van der Waals surface area contributed by atoms with Crippen LogP contribution in [0.4, 0.5) is 0 Å². The lowest BCUT2D eigenvalue weighted by atomic mass is 10.0. The van der Waals surface area contributed by atoms with Crippen molar-refractivity contribution in [2.24, 2.45) is 10.9 Å². The van der Waals surface area contributed by atoms with Crippen molar-refractivity contribution in [2.75, 3.05) is 0 Å². The van der Waals surface area contributed by atoms with Gasteiger partial charge >= 0.3 is 0 Å². The van der Waals surface area contributed by atoms with E-state index in [1.165, 1.54) is 0 Å². The van der Waals surface area contributed by atoms with Crippen LogP contribution in [-0.4, -0.2) is 18.0 Å². The van der Waals surface area contributed by atoms with Gasteiger partial charge in [-0.25, -0.2) is 4.99 Å². The Hall–Kier alpha value is -1.57. The molecule has 0 radical (unpaired) electrons. The summed E-state index contributed by atoms with van der Waals surface area (Å²) in [7, 11) is 0. The van der Waals surface area contributed by atoms with E-state index in [0.717, 1.165) is 17.9 Å². The molecule has 1 aliphatic heterocycles. The van der Waals surface area contributed by atoms with Gasteiger partial charge in [0.15, 0.2) is 0 Å². The number of nitrogens with zero attached hydrogens (tertiary/aromatic N) is 1. The normalized spacial score (nSPS) is 23.4. The Morgan fingerprint density at radius 1 is 1.35 bits per heavy atom. The van der Waals surface area contributed by atoms with Gasteiger partial charge in [-0.2, -0.15) is 0 Å². The lowest BCUT2D eigenvalue weighted by Crippen LogP contribution is -2.21. The molecule has 0 saturated carbocycles. The van der Waals surface area contributed by atoms with E-state index in [-0.39, 0.29) is 12.1 Å². The van der Waals surface area contributed by atoms with Crippen molar-refractivity contribution in [3.63, 3.8) is 0 Å². The summed E-state index contributed by atoms with van der Waals surface area (Å²) in [5.41, 5.74) is 1.05. The Balaban J connectivity index is 2.18. The Kier molecular flexibility index (Phi) is 3.62. The summed E-state index contributed by atoms with van der Waals surface area (Å²) in [6.07, 6.45) is 2.91. The fourth-order valence-electron chi connectivity index (χ4n) is 2.06. The van der Waals surface area contributed by atoms with Gasteiger partial charge in [-0.3, -0.25) is 0 Å². The third kappa shape index (κ3) is 2.76. The molecule has 1 heterocycles. The minimum Gasteiger partial charge on any atom is -0.468 e. The average molecular weight is 229 g/mol. The Morgan fingerprint density at radius 3 is 2.65 bits per heavy atom. The lowest BCUT2D eigenvalue weighted by molar-refractivity contribution is 0.229. The van der Waals surface area contributed by atoms with E-state index in [4.69, 9.17) is 4.74 Å². The summed E-state index contributed by atoms with van der Waals surface area (Å²) in [5, 5.41) is 0. The highest BCUT2D eigenvalue weighted by Gasteiger charge is 2.29. The molecule has 2 rings (SSSR count). The van der Waals surface area contributed by atoms with Gasteiger partial charge in [0.05, 0.1) is 6.04 Å². The Morgan fingerprint density at radius 2 is 2.06 bits per heavy atom. The molecule has 2 nitrogen and oxygen atoms in total. The maximum absolute atomic E-state index is 5.84. The van der Waals surface area contributed by atoms with Crippen LogP contribution in [-0.2, 0) is 4.74 Å². The van der Waals surface area contributed by atoms with Crippen LogP contribution in [0.15, 0.2) is 48.0 Å². The quantitative estimate of drug-likeness (QED) is 0.725. The zero-order valence-corrected chi connectivity index (χ0v) is 10.5. The molecule has 1 aliphatic rings. The summed E-state index contributed by atoms with van der Waals surface area (Å²) in [4.78, 5) is 4.67. The van der Waals surface area contributed by atoms with E-state index in [1.807, 2.05) is 36.4 Å². The largest absolute Gasteiger partial charge is 0.468 e. The molecule has 0 saturated heterocycles. The van der Waals surface area contributed by atoms with E-state index in [0.29, 0.717) is 5.92 Å². The standard InChI is InChI=1S/C15H19NO/c1-4-14-13(10-11(2)3)16-15(17-14)12-8-6-5-7-9-12/h4-9,11,13-14H,1,10H2,2-3H3. The molecule has 90 valence electrons. The smallest absolute Gasteiger partial charge is 0.217 e. The van der Waals surface area contributed by atoms with Crippen LogP contribution in [0.25, 0.3) is 0 Å². The van der Waals surface area contributed by atoms with Gasteiger partial charge in [0.25, 0.3) is 0 Å². The number of ether oxygens (including phenoxy) is 1. The van der Waals surface area contributed by atoms with Gasteiger partial charge < -0.3 is 4.74 Å². The van der Waals surface area contributed by atoms with Crippen LogP contribution in [0.3, 0.4) is 0 Å². The Bertz CT molecular complexity index is 408. The third-order valence-electron chi connectivity index (χ3n) is 2.88. The van der Waals surface area contributed by atoms with Gasteiger partial charge in [-0.15, -0.1) is 0 Å². The van der Waals surface area contributed by atoms with Gasteiger partial charge in [0.1, 0.15) is 6.10 Å².